The van der Waals surface area contributed by atoms with Crippen molar-refractivity contribution in [2.24, 2.45) is 5.92 Å². The summed E-state index contributed by atoms with van der Waals surface area (Å²) in [5.41, 5.74) is 7.00. The maximum atomic E-state index is 16.3. The molecule has 2 aliphatic heterocycles. The lowest BCUT2D eigenvalue weighted by Crippen LogP contribution is -2.63. The number of nitrogen functional groups attached to an aromatic ring is 1. The molecule has 0 spiro atoms. The number of aromatic nitrogens is 3. The van der Waals surface area contributed by atoms with E-state index in [2.05, 4.69) is 15.0 Å². The van der Waals surface area contributed by atoms with Gasteiger partial charge in [-0.15, -0.1) is 11.3 Å². The molecule has 1 saturated carbocycles. The Morgan fingerprint density at radius 2 is 1.97 bits per heavy atom. The molecule has 1 saturated heterocycles. The summed E-state index contributed by atoms with van der Waals surface area (Å²) >= 11 is 0.936. The number of β-amino-alcohol motifs (C(OH)–C–C–N with tert-alkyl or cyclic N) is 1. The summed E-state index contributed by atoms with van der Waals surface area (Å²) < 4.78 is 36.7. The Kier molecular flexibility index (Phi) is 4.20. The number of aliphatic hydroxyl groups is 1. The average molecular weight is 493 g/mol. The van der Waals surface area contributed by atoms with Gasteiger partial charge in [-0.3, -0.25) is 4.98 Å². The van der Waals surface area contributed by atoms with Gasteiger partial charge >= 0.3 is 0 Å². The van der Waals surface area contributed by atoms with Gasteiger partial charge in [-0.25, -0.2) is 18.7 Å². The Bertz CT molecular complexity index is 1620. The highest BCUT2D eigenvalue weighted by Crippen LogP contribution is 2.47. The Hall–Kier alpha value is -3.46. The van der Waals surface area contributed by atoms with E-state index in [0.717, 1.165) is 35.9 Å². The van der Waals surface area contributed by atoms with Gasteiger partial charge < -0.3 is 20.5 Å². The molecule has 0 bridgehead atoms. The third kappa shape index (κ3) is 2.84. The van der Waals surface area contributed by atoms with E-state index in [0.29, 0.717) is 35.9 Å². The van der Waals surface area contributed by atoms with Crippen molar-refractivity contribution < 1.29 is 18.6 Å². The zero-order chi connectivity index (χ0) is 24.1. The van der Waals surface area contributed by atoms with Crippen molar-refractivity contribution in [3.63, 3.8) is 0 Å². The van der Waals surface area contributed by atoms with E-state index in [9.17, 15) is 14.8 Å². The molecule has 1 aromatic carbocycles. The molecule has 0 radical (unpaired) electrons. The number of fused-ring (bicyclic) bond motifs is 4. The number of hydrogen-bond donors (Lipinski definition) is 2. The van der Waals surface area contributed by atoms with E-state index in [1.54, 1.807) is 6.20 Å². The maximum absolute atomic E-state index is 16.3. The third-order valence-corrected chi connectivity index (χ3v) is 8.31. The van der Waals surface area contributed by atoms with Crippen LogP contribution in [0.2, 0.25) is 0 Å². The van der Waals surface area contributed by atoms with Gasteiger partial charge in [0.2, 0.25) is 5.95 Å². The molecule has 0 atom stereocenters. The lowest BCUT2D eigenvalue weighted by molar-refractivity contribution is -0.0102. The molecule has 5 heterocycles. The first kappa shape index (κ1) is 20.9. The Balaban J connectivity index is 1.45. The van der Waals surface area contributed by atoms with Crippen molar-refractivity contribution in [3.05, 3.63) is 40.7 Å². The van der Waals surface area contributed by atoms with E-state index >= 15 is 4.39 Å². The Morgan fingerprint density at radius 3 is 2.71 bits per heavy atom. The maximum Gasteiger partial charge on any atom is 0.226 e. The van der Waals surface area contributed by atoms with Crippen LogP contribution in [-0.4, -0.2) is 38.7 Å². The number of hydrogen-bond acceptors (Lipinski definition) is 9. The SMILES string of the molecule is N#Cc1c(N)sc2c(F)cnc(-c3c4c(c5cnc(N6CC(O)(C7CC7)C6)nc5c3F)COC4)c12. The largest absolute Gasteiger partial charge is 0.389 e. The van der Waals surface area contributed by atoms with Crippen LogP contribution in [0.5, 0.6) is 0 Å². The highest BCUT2D eigenvalue weighted by molar-refractivity contribution is 7.23. The van der Waals surface area contributed by atoms with Gasteiger partial charge in [-0.1, -0.05) is 0 Å². The summed E-state index contributed by atoms with van der Waals surface area (Å²) in [5.74, 6) is -0.620. The molecule has 3 aliphatic rings. The summed E-state index contributed by atoms with van der Waals surface area (Å²) in [6.07, 6.45) is 4.64. The molecule has 3 aromatic heterocycles. The summed E-state index contributed by atoms with van der Waals surface area (Å²) in [4.78, 5) is 15.0. The van der Waals surface area contributed by atoms with Crippen molar-refractivity contribution in [1.29, 1.82) is 5.26 Å². The number of rotatable bonds is 3. The number of ether oxygens (including phenoxy) is 1. The van der Waals surface area contributed by atoms with Crippen molar-refractivity contribution in [1.82, 2.24) is 15.0 Å². The predicted octanol–water partition coefficient (Wildman–Crippen LogP) is 3.63. The summed E-state index contributed by atoms with van der Waals surface area (Å²) in [7, 11) is 0. The molecule has 0 unspecified atom stereocenters. The molecular formula is C24H18F2N6O2S. The van der Waals surface area contributed by atoms with E-state index in [4.69, 9.17) is 10.5 Å². The number of nitrogens with two attached hydrogens (primary N) is 1. The third-order valence-electron chi connectivity index (χ3n) is 7.28. The molecule has 3 N–H and O–H groups in total. The van der Waals surface area contributed by atoms with Crippen LogP contribution in [-0.2, 0) is 18.0 Å². The first-order valence-electron chi connectivity index (χ1n) is 11.2. The summed E-state index contributed by atoms with van der Waals surface area (Å²) in [6, 6.07) is 2.01. The molecule has 8 nitrogen and oxygen atoms in total. The lowest BCUT2D eigenvalue weighted by Gasteiger charge is -2.46. The first-order valence-corrected chi connectivity index (χ1v) is 12.0. The quantitative estimate of drug-likeness (QED) is 0.445. The summed E-state index contributed by atoms with van der Waals surface area (Å²) in [5, 5.41) is 21.2. The zero-order valence-electron chi connectivity index (χ0n) is 18.3. The number of nitriles is 1. The number of pyridine rings is 1. The number of benzene rings is 1. The molecule has 11 heteroatoms. The van der Waals surface area contributed by atoms with Crippen LogP contribution < -0.4 is 10.6 Å². The Labute approximate surface area is 201 Å². The second kappa shape index (κ2) is 7.04. The predicted molar refractivity (Wildman–Crippen MR) is 126 cm³/mol. The summed E-state index contributed by atoms with van der Waals surface area (Å²) in [6.45, 7) is 1.20. The molecule has 176 valence electrons. The van der Waals surface area contributed by atoms with E-state index < -0.39 is 17.2 Å². The number of thiophene rings is 1. The molecule has 4 aromatic rings. The minimum atomic E-state index is -0.732. The highest BCUT2D eigenvalue weighted by Gasteiger charge is 2.52. The monoisotopic (exact) mass is 492 g/mol. The normalized spacial score (nSPS) is 18.6. The van der Waals surface area contributed by atoms with Crippen LogP contribution in [0, 0.1) is 28.9 Å². The van der Waals surface area contributed by atoms with Crippen molar-refractivity contribution >= 4 is 43.3 Å². The average Bonchev–Trinajstić information content (AvgIpc) is 3.48. The molecular weight excluding hydrogens is 474 g/mol. The zero-order valence-corrected chi connectivity index (χ0v) is 19.1. The highest BCUT2D eigenvalue weighted by atomic mass is 32.1. The fraction of sp³-hybridized carbons (Fsp3) is 0.333. The topological polar surface area (TPSA) is 121 Å². The fourth-order valence-corrected chi connectivity index (χ4v) is 6.25. The minimum Gasteiger partial charge on any atom is -0.389 e. The lowest BCUT2D eigenvalue weighted by atomic mass is 9.89. The van der Waals surface area contributed by atoms with Gasteiger partial charge in [0.25, 0.3) is 0 Å². The van der Waals surface area contributed by atoms with Crippen LogP contribution in [0.15, 0.2) is 12.4 Å². The molecule has 7 rings (SSSR count). The molecule has 0 amide bonds. The molecule has 1 aliphatic carbocycles. The fourth-order valence-electron chi connectivity index (χ4n) is 5.33. The van der Waals surface area contributed by atoms with Crippen molar-refractivity contribution in [2.75, 3.05) is 23.7 Å². The van der Waals surface area contributed by atoms with E-state index in [1.165, 1.54) is 0 Å². The van der Waals surface area contributed by atoms with Gasteiger partial charge in [0.05, 0.1) is 48.5 Å². The second-order valence-corrected chi connectivity index (χ2v) is 10.5. The molecule has 35 heavy (non-hydrogen) atoms. The number of anilines is 2. The first-order chi connectivity index (χ1) is 16.9. The van der Waals surface area contributed by atoms with Gasteiger partial charge in [0.1, 0.15) is 22.2 Å². The van der Waals surface area contributed by atoms with E-state index in [1.807, 2.05) is 11.0 Å². The van der Waals surface area contributed by atoms with Gasteiger partial charge in [0, 0.05) is 22.5 Å². The minimum absolute atomic E-state index is 0.0717. The van der Waals surface area contributed by atoms with Crippen molar-refractivity contribution in [2.45, 2.75) is 31.7 Å². The number of nitrogens with zero attached hydrogens (tertiary/aromatic N) is 5. The van der Waals surface area contributed by atoms with Gasteiger partial charge in [-0.05, 0) is 29.9 Å². The second-order valence-electron chi connectivity index (χ2n) is 9.42. The van der Waals surface area contributed by atoms with Crippen LogP contribution >= 0.6 is 11.3 Å². The van der Waals surface area contributed by atoms with Crippen LogP contribution in [0.3, 0.4) is 0 Å². The van der Waals surface area contributed by atoms with Crippen LogP contribution in [0.1, 0.15) is 29.5 Å². The van der Waals surface area contributed by atoms with Crippen molar-refractivity contribution in [3.8, 4) is 17.3 Å². The van der Waals surface area contributed by atoms with Crippen LogP contribution in [0.25, 0.3) is 32.2 Å². The smallest absolute Gasteiger partial charge is 0.226 e. The van der Waals surface area contributed by atoms with Crippen LogP contribution in [0.4, 0.5) is 19.7 Å². The van der Waals surface area contributed by atoms with E-state index in [-0.39, 0.29) is 50.6 Å². The van der Waals surface area contributed by atoms with Gasteiger partial charge in [0.15, 0.2) is 11.6 Å². The standard InChI is InChI=1S/C24H18F2N6O2S/c25-15-5-29-20(17-11(3-27)22(28)35-21(15)17)16-14-7-34-6-13(14)12-4-30-23(31-19(12)18(16)26)32-8-24(33,9-32)10-1-2-10/h4-5,10,33H,1-2,6-9,28H2. The Morgan fingerprint density at radius 1 is 1.20 bits per heavy atom. The molecule has 2 fully saturated rings. The van der Waals surface area contributed by atoms with Gasteiger partial charge in [-0.2, -0.15) is 5.26 Å². The number of halogens is 2.